The van der Waals surface area contributed by atoms with Gasteiger partial charge in [0.1, 0.15) is 0 Å². The van der Waals surface area contributed by atoms with Crippen LogP contribution in [-0.2, 0) is 0 Å². The lowest BCUT2D eigenvalue weighted by atomic mass is 10.2. The molecule has 0 spiro atoms. The summed E-state index contributed by atoms with van der Waals surface area (Å²) in [6, 6.07) is 4.39. The molecule has 0 aliphatic rings. The Labute approximate surface area is 77.4 Å². The van der Waals surface area contributed by atoms with Crippen LogP contribution in [0.5, 0.6) is 0 Å². The van der Waals surface area contributed by atoms with E-state index in [1.165, 1.54) is 0 Å². The number of hydrogen-bond acceptors (Lipinski definition) is 2. The summed E-state index contributed by atoms with van der Waals surface area (Å²) in [6.07, 6.45) is 4.75. The van der Waals surface area contributed by atoms with Gasteiger partial charge in [-0.1, -0.05) is 6.92 Å². The van der Waals surface area contributed by atoms with Crippen molar-refractivity contribution in [2.75, 3.05) is 0 Å². The first kappa shape index (κ1) is 8.23. The molecular weight excluding hydrogens is 162 g/mol. The predicted octanol–water partition coefficient (Wildman–Crippen LogP) is 2.40. The number of hydrogen-bond donors (Lipinski definition) is 0. The number of nitrogens with zero attached hydrogens (tertiary/aromatic N) is 3. The van der Waals surface area contributed by atoms with Gasteiger partial charge in [0.25, 0.3) is 0 Å². The normalized spacial score (nSPS) is 13.4. The zero-order chi connectivity index (χ0) is 9.26. The molecule has 0 amide bonds. The minimum atomic E-state index is 0.424. The lowest BCUT2D eigenvalue weighted by Crippen LogP contribution is -2.05. The molecule has 13 heavy (non-hydrogen) atoms. The summed E-state index contributed by atoms with van der Waals surface area (Å²) in [6.45, 7) is 4.31. The van der Waals surface area contributed by atoms with E-state index in [1.807, 2.05) is 29.2 Å². The van der Waals surface area contributed by atoms with Crippen molar-refractivity contribution in [3.8, 4) is 0 Å². The average molecular weight is 175 g/mol. The van der Waals surface area contributed by atoms with E-state index < -0.39 is 0 Å². The number of aromatic nitrogens is 3. The molecule has 0 aliphatic carbocycles. The molecule has 0 N–H and O–H groups in total. The van der Waals surface area contributed by atoms with Gasteiger partial charge < -0.3 is 0 Å². The van der Waals surface area contributed by atoms with Crippen LogP contribution in [0.3, 0.4) is 0 Å². The third kappa shape index (κ3) is 1.30. The monoisotopic (exact) mass is 175 g/mol. The molecule has 1 atom stereocenters. The molecule has 68 valence electrons. The lowest BCUT2D eigenvalue weighted by Gasteiger charge is -2.09. The molecule has 0 aliphatic heterocycles. The number of rotatable bonds is 2. The zero-order valence-electron chi connectivity index (χ0n) is 7.94. The topological polar surface area (TPSA) is 30.7 Å². The van der Waals surface area contributed by atoms with Crippen molar-refractivity contribution in [3.63, 3.8) is 0 Å². The van der Waals surface area contributed by atoms with Crippen molar-refractivity contribution in [1.82, 2.24) is 14.8 Å². The second kappa shape index (κ2) is 3.17. The Morgan fingerprint density at radius 2 is 2.38 bits per heavy atom. The van der Waals surface area contributed by atoms with Gasteiger partial charge in [-0.3, -0.25) is 0 Å². The van der Waals surface area contributed by atoms with E-state index in [1.54, 1.807) is 0 Å². The van der Waals surface area contributed by atoms with Crippen LogP contribution in [0.25, 0.3) is 11.0 Å². The van der Waals surface area contributed by atoms with Crippen molar-refractivity contribution in [2.45, 2.75) is 26.3 Å². The second-order valence-corrected chi connectivity index (χ2v) is 3.26. The van der Waals surface area contributed by atoms with Crippen LogP contribution < -0.4 is 0 Å². The van der Waals surface area contributed by atoms with E-state index in [0.717, 1.165) is 17.5 Å². The SMILES string of the molecule is CCC(C)n1ncc2cccnc21. The highest BCUT2D eigenvalue weighted by molar-refractivity contribution is 5.73. The molecule has 0 saturated heterocycles. The largest absolute Gasteiger partial charge is 0.245 e. The zero-order valence-corrected chi connectivity index (χ0v) is 7.94. The van der Waals surface area contributed by atoms with Gasteiger partial charge in [0.15, 0.2) is 5.65 Å². The predicted molar refractivity (Wildman–Crippen MR) is 52.5 cm³/mol. The molecule has 2 aromatic heterocycles. The number of fused-ring (bicyclic) bond motifs is 1. The van der Waals surface area contributed by atoms with Crippen LogP contribution in [0.1, 0.15) is 26.3 Å². The summed E-state index contributed by atoms with van der Waals surface area (Å²) in [7, 11) is 0. The summed E-state index contributed by atoms with van der Waals surface area (Å²) in [5.41, 5.74) is 0.983. The smallest absolute Gasteiger partial charge is 0.157 e. The number of pyridine rings is 1. The third-order valence-electron chi connectivity index (χ3n) is 2.36. The van der Waals surface area contributed by atoms with Crippen molar-refractivity contribution >= 4 is 11.0 Å². The van der Waals surface area contributed by atoms with Gasteiger partial charge in [0.2, 0.25) is 0 Å². The fraction of sp³-hybridized carbons (Fsp3) is 0.400. The molecule has 2 aromatic rings. The standard InChI is InChI=1S/C10H13N3/c1-3-8(2)13-10-9(7-12-13)5-4-6-11-10/h4-8H,3H2,1-2H3. The first-order valence-electron chi connectivity index (χ1n) is 4.61. The van der Waals surface area contributed by atoms with Crippen LogP contribution in [0, 0.1) is 0 Å². The quantitative estimate of drug-likeness (QED) is 0.701. The van der Waals surface area contributed by atoms with Gasteiger partial charge in [-0.15, -0.1) is 0 Å². The maximum Gasteiger partial charge on any atom is 0.157 e. The molecule has 1 unspecified atom stereocenters. The Kier molecular flexibility index (Phi) is 2.00. The maximum absolute atomic E-state index is 4.32. The Morgan fingerprint density at radius 3 is 3.15 bits per heavy atom. The van der Waals surface area contributed by atoms with Gasteiger partial charge in [-0.25, -0.2) is 9.67 Å². The molecule has 0 saturated carbocycles. The van der Waals surface area contributed by atoms with E-state index in [4.69, 9.17) is 0 Å². The van der Waals surface area contributed by atoms with E-state index in [-0.39, 0.29) is 0 Å². The van der Waals surface area contributed by atoms with Crippen molar-refractivity contribution in [2.24, 2.45) is 0 Å². The Hall–Kier alpha value is -1.38. The molecule has 0 radical (unpaired) electrons. The Bertz CT molecular complexity index is 405. The van der Waals surface area contributed by atoms with Crippen LogP contribution in [0.2, 0.25) is 0 Å². The lowest BCUT2D eigenvalue weighted by molar-refractivity contribution is 0.490. The fourth-order valence-corrected chi connectivity index (χ4v) is 1.38. The van der Waals surface area contributed by atoms with E-state index in [0.29, 0.717) is 6.04 Å². The van der Waals surface area contributed by atoms with E-state index >= 15 is 0 Å². The van der Waals surface area contributed by atoms with Crippen molar-refractivity contribution in [1.29, 1.82) is 0 Å². The Balaban J connectivity index is 2.57. The highest BCUT2D eigenvalue weighted by Gasteiger charge is 2.07. The van der Waals surface area contributed by atoms with Crippen molar-refractivity contribution < 1.29 is 0 Å². The van der Waals surface area contributed by atoms with Crippen LogP contribution in [-0.4, -0.2) is 14.8 Å². The first-order valence-corrected chi connectivity index (χ1v) is 4.61. The van der Waals surface area contributed by atoms with Crippen LogP contribution in [0.15, 0.2) is 24.5 Å². The van der Waals surface area contributed by atoms with Crippen LogP contribution >= 0.6 is 0 Å². The molecule has 3 heteroatoms. The Morgan fingerprint density at radius 1 is 1.54 bits per heavy atom. The average Bonchev–Trinajstić information content (AvgIpc) is 2.60. The summed E-state index contributed by atoms with van der Waals surface area (Å²) >= 11 is 0. The van der Waals surface area contributed by atoms with Gasteiger partial charge in [0, 0.05) is 11.6 Å². The van der Waals surface area contributed by atoms with Gasteiger partial charge in [-0.2, -0.15) is 5.10 Å². The molecule has 3 nitrogen and oxygen atoms in total. The summed E-state index contributed by atoms with van der Waals surface area (Å²) in [4.78, 5) is 4.31. The van der Waals surface area contributed by atoms with Crippen molar-refractivity contribution in [3.05, 3.63) is 24.5 Å². The highest BCUT2D eigenvalue weighted by atomic mass is 15.3. The molecular formula is C10H13N3. The minimum absolute atomic E-state index is 0.424. The summed E-state index contributed by atoms with van der Waals surface area (Å²) in [5, 5.41) is 5.43. The fourth-order valence-electron chi connectivity index (χ4n) is 1.38. The summed E-state index contributed by atoms with van der Waals surface area (Å²) < 4.78 is 1.98. The molecule has 2 rings (SSSR count). The summed E-state index contributed by atoms with van der Waals surface area (Å²) in [5.74, 6) is 0. The van der Waals surface area contributed by atoms with Gasteiger partial charge in [-0.05, 0) is 25.5 Å². The highest BCUT2D eigenvalue weighted by Crippen LogP contribution is 2.16. The maximum atomic E-state index is 4.32. The molecule has 0 bridgehead atoms. The van der Waals surface area contributed by atoms with E-state index in [2.05, 4.69) is 23.9 Å². The van der Waals surface area contributed by atoms with Crippen LogP contribution in [0.4, 0.5) is 0 Å². The van der Waals surface area contributed by atoms with Gasteiger partial charge >= 0.3 is 0 Å². The molecule has 2 heterocycles. The second-order valence-electron chi connectivity index (χ2n) is 3.26. The third-order valence-corrected chi connectivity index (χ3v) is 2.36. The molecule has 0 fully saturated rings. The minimum Gasteiger partial charge on any atom is -0.245 e. The van der Waals surface area contributed by atoms with Gasteiger partial charge in [0.05, 0.1) is 12.2 Å². The van der Waals surface area contributed by atoms with E-state index in [9.17, 15) is 0 Å². The molecule has 0 aromatic carbocycles. The first-order chi connectivity index (χ1) is 6.33.